The van der Waals surface area contributed by atoms with Gasteiger partial charge in [-0.1, -0.05) is 24.3 Å². The zero-order valence-electron chi connectivity index (χ0n) is 17.9. The molecule has 4 rings (SSSR count). The van der Waals surface area contributed by atoms with E-state index in [1.54, 1.807) is 6.07 Å². The van der Waals surface area contributed by atoms with Crippen LogP contribution in [-0.4, -0.2) is 42.3 Å². The molecule has 0 aliphatic carbocycles. The maximum atomic E-state index is 13.4. The third kappa shape index (κ3) is 4.60. The van der Waals surface area contributed by atoms with Crippen LogP contribution >= 0.6 is 0 Å². The molecule has 1 fully saturated rings. The molecule has 1 amide bonds. The van der Waals surface area contributed by atoms with E-state index in [0.717, 1.165) is 6.07 Å². The van der Waals surface area contributed by atoms with E-state index >= 15 is 0 Å². The van der Waals surface area contributed by atoms with Crippen LogP contribution in [0.3, 0.4) is 0 Å². The minimum Gasteiger partial charge on any atom is -0.461 e. The largest absolute Gasteiger partial charge is 0.461 e. The van der Waals surface area contributed by atoms with Gasteiger partial charge in [0.1, 0.15) is 12.6 Å². The Morgan fingerprint density at radius 3 is 2.68 bits per heavy atom. The number of anilines is 1. The van der Waals surface area contributed by atoms with Crippen LogP contribution < -0.4 is 16.2 Å². The number of H-pyrrole nitrogens is 1. The van der Waals surface area contributed by atoms with Gasteiger partial charge in [0.05, 0.1) is 12.1 Å². The molecule has 8 nitrogen and oxygen atoms in total. The molecule has 1 saturated heterocycles. The summed E-state index contributed by atoms with van der Waals surface area (Å²) in [6, 6.07) is 10.1. The van der Waals surface area contributed by atoms with Gasteiger partial charge in [-0.3, -0.25) is 14.5 Å². The summed E-state index contributed by atoms with van der Waals surface area (Å²) in [5.74, 6) is -0.630. The zero-order valence-corrected chi connectivity index (χ0v) is 17.9. The maximum absolute atomic E-state index is 13.4. The van der Waals surface area contributed by atoms with Crippen LogP contribution in [0.5, 0.6) is 0 Å². The molecule has 1 aromatic heterocycles. The number of fused-ring (bicyclic) bond motifs is 1. The van der Waals surface area contributed by atoms with Crippen molar-refractivity contribution >= 4 is 28.5 Å². The number of carbonyl (C=O) groups excluding carboxylic acids is 2. The lowest BCUT2D eigenvalue weighted by atomic mass is 10.0. The Bertz CT molecular complexity index is 1320. The number of cyclic esters (lactones) is 1. The van der Waals surface area contributed by atoms with E-state index < -0.39 is 41.5 Å². The lowest BCUT2D eigenvalue weighted by molar-refractivity contribution is -0.147. The number of nitrogens with two attached hydrogens (primary N) is 1. The minimum absolute atomic E-state index is 0.0229. The number of hydrogen-bond donors (Lipinski definition) is 2. The van der Waals surface area contributed by atoms with Crippen molar-refractivity contribution in [3.05, 3.63) is 64.4 Å². The summed E-state index contributed by atoms with van der Waals surface area (Å²) in [7, 11) is 0. The van der Waals surface area contributed by atoms with E-state index in [1.807, 2.05) is 0 Å². The van der Waals surface area contributed by atoms with Gasteiger partial charge < -0.3 is 20.2 Å². The first-order chi connectivity index (χ1) is 16.0. The Balaban J connectivity index is 1.62. The molecule has 1 aliphatic heterocycles. The monoisotopic (exact) mass is 475 g/mol. The molecule has 0 radical (unpaired) electrons. The highest BCUT2D eigenvalue weighted by atomic mass is 19.4. The predicted octanol–water partition coefficient (Wildman–Crippen LogP) is 3.43. The minimum atomic E-state index is -4.59. The zero-order chi connectivity index (χ0) is 24.6. The highest BCUT2D eigenvalue weighted by Crippen LogP contribution is 2.36. The van der Waals surface area contributed by atoms with Gasteiger partial charge >= 0.3 is 18.2 Å². The van der Waals surface area contributed by atoms with Crippen LogP contribution in [-0.2, 0) is 20.4 Å². The molecule has 178 valence electrons. The number of alkyl halides is 3. The third-order valence-corrected chi connectivity index (χ3v) is 5.32. The van der Waals surface area contributed by atoms with E-state index in [4.69, 9.17) is 15.2 Å². The van der Waals surface area contributed by atoms with Crippen molar-refractivity contribution in [2.45, 2.75) is 25.2 Å². The average Bonchev–Trinajstić information content (AvgIpc) is 3.17. The number of pyridine rings is 1. The molecular weight excluding hydrogens is 455 g/mol. The van der Waals surface area contributed by atoms with Gasteiger partial charge in [0.25, 0.3) is 5.56 Å². The first kappa shape index (κ1) is 23.3. The Kier molecular flexibility index (Phi) is 6.05. The number of aromatic nitrogens is 1. The molecule has 0 bridgehead atoms. The van der Waals surface area contributed by atoms with E-state index in [9.17, 15) is 27.6 Å². The lowest BCUT2D eigenvalue weighted by Crippen LogP contribution is -2.32. The highest BCUT2D eigenvalue weighted by molar-refractivity contribution is 5.94. The standard InChI is InChI=1S/C23H20F3N3O5/c1-12(27)21(31)33-11-15-10-29(22(32)34-15)14-7-6-13-8-19(28-20(30)17(13)9-14)16-4-2-3-5-18(16)23(24,25)26/h2-9,12,15H,10-11,27H2,1H3,(H,28,30)/t12-,15+/m0/s1. The second-order valence-electron chi connectivity index (χ2n) is 7.86. The number of hydrogen-bond acceptors (Lipinski definition) is 6. The second-order valence-corrected chi connectivity index (χ2v) is 7.86. The molecule has 0 saturated carbocycles. The van der Waals surface area contributed by atoms with Crippen molar-refractivity contribution in [3.63, 3.8) is 0 Å². The molecule has 3 aromatic rings. The summed E-state index contributed by atoms with van der Waals surface area (Å²) in [5.41, 5.74) is 4.19. The first-order valence-corrected chi connectivity index (χ1v) is 10.3. The van der Waals surface area contributed by atoms with Gasteiger partial charge in [-0.15, -0.1) is 0 Å². The Morgan fingerprint density at radius 2 is 1.97 bits per heavy atom. The molecule has 2 aromatic carbocycles. The summed E-state index contributed by atoms with van der Waals surface area (Å²) >= 11 is 0. The number of amides is 1. The summed E-state index contributed by atoms with van der Waals surface area (Å²) in [6.07, 6.45) is -5.99. The number of nitrogens with one attached hydrogen (secondary N) is 1. The van der Waals surface area contributed by atoms with Crippen LogP contribution in [0.15, 0.2) is 53.3 Å². The molecule has 2 heterocycles. The quantitative estimate of drug-likeness (QED) is 0.547. The predicted molar refractivity (Wildman–Crippen MR) is 117 cm³/mol. The normalized spacial score (nSPS) is 17.0. The van der Waals surface area contributed by atoms with Crippen molar-refractivity contribution in [1.82, 2.24) is 4.98 Å². The summed E-state index contributed by atoms with van der Waals surface area (Å²) in [5, 5.41) is 0.583. The van der Waals surface area contributed by atoms with Crippen molar-refractivity contribution in [2.24, 2.45) is 5.73 Å². The highest BCUT2D eigenvalue weighted by Gasteiger charge is 2.35. The number of aromatic amines is 1. The second kappa shape index (κ2) is 8.82. The molecule has 0 spiro atoms. The van der Waals surface area contributed by atoms with Crippen LogP contribution in [0.2, 0.25) is 0 Å². The van der Waals surface area contributed by atoms with Gasteiger partial charge in [-0.2, -0.15) is 13.2 Å². The number of nitrogens with zero attached hydrogens (tertiary/aromatic N) is 1. The van der Waals surface area contributed by atoms with E-state index in [1.165, 1.54) is 48.2 Å². The Morgan fingerprint density at radius 1 is 1.24 bits per heavy atom. The van der Waals surface area contributed by atoms with Gasteiger partial charge in [0, 0.05) is 22.3 Å². The first-order valence-electron chi connectivity index (χ1n) is 10.3. The van der Waals surface area contributed by atoms with Gasteiger partial charge in [-0.05, 0) is 36.6 Å². The van der Waals surface area contributed by atoms with Crippen molar-refractivity contribution in [1.29, 1.82) is 0 Å². The summed E-state index contributed by atoms with van der Waals surface area (Å²) in [6.45, 7) is 1.37. The SMILES string of the molecule is C[C@H](N)C(=O)OC[C@H]1CN(c2ccc3cc(-c4ccccc4C(F)(F)F)[nH]c(=O)c3c2)C(=O)O1. The number of benzene rings is 2. The number of carbonyl (C=O) groups is 2. The average molecular weight is 475 g/mol. The van der Waals surface area contributed by atoms with E-state index in [-0.39, 0.29) is 29.8 Å². The van der Waals surface area contributed by atoms with Crippen molar-refractivity contribution in [2.75, 3.05) is 18.1 Å². The molecule has 1 aliphatic rings. The molecule has 2 atom stereocenters. The van der Waals surface area contributed by atoms with Crippen LogP contribution in [0, 0.1) is 0 Å². The van der Waals surface area contributed by atoms with E-state index in [2.05, 4.69) is 4.98 Å². The van der Waals surface area contributed by atoms with Crippen LogP contribution in [0.4, 0.5) is 23.7 Å². The molecule has 34 heavy (non-hydrogen) atoms. The van der Waals surface area contributed by atoms with Crippen LogP contribution in [0.25, 0.3) is 22.0 Å². The summed E-state index contributed by atoms with van der Waals surface area (Å²) < 4.78 is 50.4. The fourth-order valence-corrected chi connectivity index (χ4v) is 3.65. The lowest BCUT2D eigenvalue weighted by Gasteiger charge is -2.15. The maximum Gasteiger partial charge on any atom is 0.417 e. The van der Waals surface area contributed by atoms with Crippen LogP contribution in [0.1, 0.15) is 12.5 Å². The third-order valence-electron chi connectivity index (χ3n) is 5.32. The van der Waals surface area contributed by atoms with Crippen molar-refractivity contribution < 1.29 is 32.2 Å². The topological polar surface area (TPSA) is 115 Å². The summed E-state index contributed by atoms with van der Waals surface area (Å²) in [4.78, 5) is 40.3. The molecule has 0 unspecified atom stereocenters. The number of esters is 1. The fraction of sp³-hybridized carbons (Fsp3) is 0.261. The van der Waals surface area contributed by atoms with Gasteiger partial charge in [0.2, 0.25) is 0 Å². The fourth-order valence-electron chi connectivity index (χ4n) is 3.65. The molecule has 3 N–H and O–H groups in total. The number of ether oxygens (including phenoxy) is 2. The van der Waals surface area contributed by atoms with Gasteiger partial charge in [-0.25, -0.2) is 4.79 Å². The number of halogens is 3. The smallest absolute Gasteiger partial charge is 0.417 e. The molecular formula is C23H20F3N3O5. The van der Waals surface area contributed by atoms with E-state index in [0.29, 0.717) is 11.1 Å². The number of rotatable bonds is 5. The van der Waals surface area contributed by atoms with Gasteiger partial charge in [0.15, 0.2) is 6.10 Å². The Hall–Kier alpha value is -3.86. The molecule has 11 heteroatoms. The van der Waals surface area contributed by atoms with Crippen molar-refractivity contribution in [3.8, 4) is 11.3 Å². The Labute approximate surface area is 191 Å².